The van der Waals surface area contributed by atoms with Crippen LogP contribution in [0.3, 0.4) is 0 Å². The van der Waals surface area contributed by atoms with E-state index in [1.54, 1.807) is 12.3 Å². The second-order valence-electron chi connectivity index (χ2n) is 3.93. The Bertz CT molecular complexity index is 360. The van der Waals surface area contributed by atoms with Crippen LogP contribution in [-0.2, 0) is 6.54 Å². The van der Waals surface area contributed by atoms with Gasteiger partial charge in [0.2, 0.25) is 0 Å². The van der Waals surface area contributed by atoms with Gasteiger partial charge in [-0.3, -0.25) is 4.79 Å². The van der Waals surface area contributed by atoms with Gasteiger partial charge >= 0.3 is 0 Å². The topological polar surface area (TPSA) is 56.9 Å². The van der Waals surface area contributed by atoms with Crippen molar-refractivity contribution in [2.75, 3.05) is 19.6 Å². The minimum Gasteiger partial charge on any atom is -0.365 e. The minimum absolute atomic E-state index is 0.102. The van der Waals surface area contributed by atoms with Crippen LogP contribution in [0.1, 0.15) is 24.6 Å². The fourth-order valence-corrected chi connectivity index (χ4v) is 1.44. The van der Waals surface area contributed by atoms with E-state index in [0.29, 0.717) is 6.54 Å². The summed E-state index contributed by atoms with van der Waals surface area (Å²) in [5.41, 5.74) is 1.80. The monoisotopic (exact) mass is 223 g/mol. The zero-order valence-corrected chi connectivity index (χ0v) is 10.1. The van der Waals surface area contributed by atoms with Crippen molar-refractivity contribution in [1.29, 1.82) is 0 Å². The molecule has 0 bridgehead atoms. The number of aromatic amines is 1. The Morgan fingerprint density at radius 2 is 2.00 bits per heavy atom. The smallest absolute Gasteiger partial charge is 0.186 e. The lowest BCUT2D eigenvalue weighted by molar-refractivity contribution is 0.605. The van der Waals surface area contributed by atoms with Gasteiger partial charge in [0, 0.05) is 43.2 Å². The van der Waals surface area contributed by atoms with Crippen molar-refractivity contribution in [3.8, 4) is 0 Å². The van der Waals surface area contributed by atoms with Crippen LogP contribution in [0.5, 0.6) is 0 Å². The van der Waals surface area contributed by atoms with Gasteiger partial charge in [0.25, 0.3) is 0 Å². The van der Waals surface area contributed by atoms with E-state index >= 15 is 0 Å². The van der Waals surface area contributed by atoms with Gasteiger partial charge in [0.15, 0.2) is 5.43 Å². The summed E-state index contributed by atoms with van der Waals surface area (Å²) in [6, 6.07) is 1.63. The molecule has 0 spiro atoms. The van der Waals surface area contributed by atoms with Crippen molar-refractivity contribution in [3.63, 3.8) is 0 Å². The van der Waals surface area contributed by atoms with E-state index in [1.165, 1.54) is 0 Å². The van der Waals surface area contributed by atoms with Crippen molar-refractivity contribution < 1.29 is 0 Å². The molecule has 0 fully saturated rings. The summed E-state index contributed by atoms with van der Waals surface area (Å²) < 4.78 is 0. The highest BCUT2D eigenvalue weighted by atomic mass is 16.1. The maximum atomic E-state index is 11.5. The van der Waals surface area contributed by atoms with E-state index in [1.807, 2.05) is 6.92 Å². The van der Waals surface area contributed by atoms with E-state index < -0.39 is 0 Å². The molecule has 0 saturated carbocycles. The zero-order valence-electron chi connectivity index (χ0n) is 10.1. The number of aryl methyl sites for hydroxylation is 1. The molecule has 3 N–H and O–H groups in total. The van der Waals surface area contributed by atoms with Crippen molar-refractivity contribution in [2.24, 2.45) is 0 Å². The number of pyridine rings is 1. The van der Waals surface area contributed by atoms with Crippen molar-refractivity contribution in [2.45, 2.75) is 26.8 Å². The fourth-order valence-electron chi connectivity index (χ4n) is 1.44. The van der Waals surface area contributed by atoms with Crippen molar-refractivity contribution >= 4 is 0 Å². The third kappa shape index (κ3) is 4.59. The van der Waals surface area contributed by atoms with E-state index in [2.05, 4.69) is 22.5 Å². The second kappa shape index (κ2) is 7.19. The summed E-state index contributed by atoms with van der Waals surface area (Å²) in [6.45, 7) is 7.53. The average molecular weight is 223 g/mol. The maximum Gasteiger partial charge on any atom is 0.186 e. The van der Waals surface area contributed by atoms with E-state index in [0.717, 1.165) is 37.3 Å². The molecule has 16 heavy (non-hydrogen) atoms. The lowest BCUT2D eigenvalue weighted by atomic mass is 10.2. The molecule has 0 aliphatic heterocycles. The Kier molecular flexibility index (Phi) is 5.82. The van der Waals surface area contributed by atoms with Crippen molar-refractivity contribution in [3.05, 3.63) is 33.7 Å². The van der Waals surface area contributed by atoms with Gasteiger partial charge in [0.05, 0.1) is 0 Å². The van der Waals surface area contributed by atoms with Crippen LogP contribution in [0.25, 0.3) is 0 Å². The number of aromatic nitrogens is 1. The highest BCUT2D eigenvalue weighted by Crippen LogP contribution is 1.90. The molecule has 1 aromatic heterocycles. The molecular formula is C12H21N3O. The Balaban J connectivity index is 2.24. The number of hydrogen-bond acceptors (Lipinski definition) is 3. The molecule has 1 rings (SSSR count). The maximum absolute atomic E-state index is 11.5. The number of rotatable bonds is 7. The van der Waals surface area contributed by atoms with Crippen LogP contribution in [0, 0.1) is 6.92 Å². The summed E-state index contributed by atoms with van der Waals surface area (Å²) in [5.74, 6) is 0. The standard InChI is InChI=1S/C12H21N3O/c1-3-4-13-5-6-14-8-11-9-15-10(2)7-12(11)16/h7,9,13-14H,3-6,8H2,1-2H3,(H,15,16). The zero-order chi connectivity index (χ0) is 11.8. The predicted molar refractivity (Wildman–Crippen MR) is 66.7 cm³/mol. The third-order valence-electron chi connectivity index (χ3n) is 2.36. The molecule has 1 aromatic rings. The first-order valence-electron chi connectivity index (χ1n) is 5.83. The summed E-state index contributed by atoms with van der Waals surface area (Å²) in [6.07, 6.45) is 2.93. The molecule has 4 nitrogen and oxygen atoms in total. The molecule has 90 valence electrons. The van der Waals surface area contributed by atoms with E-state index in [9.17, 15) is 4.79 Å². The quantitative estimate of drug-likeness (QED) is 0.599. The number of H-pyrrole nitrogens is 1. The summed E-state index contributed by atoms with van der Waals surface area (Å²) in [7, 11) is 0. The van der Waals surface area contributed by atoms with E-state index in [4.69, 9.17) is 0 Å². The first kappa shape index (κ1) is 12.9. The van der Waals surface area contributed by atoms with E-state index in [-0.39, 0.29) is 5.43 Å². The molecule has 0 aliphatic carbocycles. The molecule has 4 heteroatoms. The lowest BCUT2D eigenvalue weighted by Crippen LogP contribution is -2.29. The Labute approximate surface area is 96.5 Å². The molecular weight excluding hydrogens is 202 g/mol. The number of nitrogens with one attached hydrogen (secondary N) is 3. The molecule has 0 amide bonds. The highest BCUT2D eigenvalue weighted by Gasteiger charge is 1.98. The normalized spacial score (nSPS) is 10.6. The third-order valence-corrected chi connectivity index (χ3v) is 2.36. The fraction of sp³-hybridized carbons (Fsp3) is 0.583. The average Bonchev–Trinajstić information content (AvgIpc) is 2.26. The van der Waals surface area contributed by atoms with Crippen LogP contribution >= 0.6 is 0 Å². The summed E-state index contributed by atoms with van der Waals surface area (Å²) in [5, 5.41) is 6.53. The molecule has 0 aromatic carbocycles. The van der Waals surface area contributed by atoms with Gasteiger partial charge in [-0.05, 0) is 19.9 Å². The number of hydrogen-bond donors (Lipinski definition) is 3. The molecule has 0 aliphatic rings. The minimum atomic E-state index is 0.102. The van der Waals surface area contributed by atoms with Gasteiger partial charge in [0.1, 0.15) is 0 Å². The Morgan fingerprint density at radius 1 is 1.25 bits per heavy atom. The largest absolute Gasteiger partial charge is 0.365 e. The Morgan fingerprint density at radius 3 is 2.69 bits per heavy atom. The van der Waals surface area contributed by atoms with Crippen LogP contribution in [-0.4, -0.2) is 24.6 Å². The molecule has 0 atom stereocenters. The van der Waals surface area contributed by atoms with Gasteiger partial charge in [-0.1, -0.05) is 6.92 Å². The van der Waals surface area contributed by atoms with Crippen LogP contribution < -0.4 is 16.1 Å². The van der Waals surface area contributed by atoms with Gasteiger partial charge < -0.3 is 15.6 Å². The highest BCUT2D eigenvalue weighted by molar-refractivity contribution is 5.13. The van der Waals surface area contributed by atoms with Crippen molar-refractivity contribution in [1.82, 2.24) is 15.6 Å². The first-order valence-corrected chi connectivity index (χ1v) is 5.83. The molecule has 0 radical (unpaired) electrons. The summed E-state index contributed by atoms with van der Waals surface area (Å²) >= 11 is 0. The predicted octanol–water partition coefficient (Wildman–Crippen LogP) is 0.773. The van der Waals surface area contributed by atoms with Crippen LogP contribution in [0.15, 0.2) is 17.1 Å². The lowest BCUT2D eigenvalue weighted by Gasteiger charge is -2.05. The van der Waals surface area contributed by atoms with Gasteiger partial charge in [-0.2, -0.15) is 0 Å². The SMILES string of the molecule is CCCNCCNCc1c[nH]c(C)cc1=O. The molecule has 0 saturated heterocycles. The molecule has 1 heterocycles. The first-order chi connectivity index (χ1) is 7.74. The Hall–Kier alpha value is -1.13. The van der Waals surface area contributed by atoms with Crippen LogP contribution in [0.2, 0.25) is 0 Å². The molecule has 0 unspecified atom stereocenters. The van der Waals surface area contributed by atoms with Gasteiger partial charge in [-0.15, -0.1) is 0 Å². The van der Waals surface area contributed by atoms with Crippen LogP contribution in [0.4, 0.5) is 0 Å². The summed E-state index contributed by atoms with van der Waals surface area (Å²) in [4.78, 5) is 14.6. The van der Waals surface area contributed by atoms with Gasteiger partial charge in [-0.25, -0.2) is 0 Å². The second-order valence-corrected chi connectivity index (χ2v) is 3.93.